The van der Waals surface area contributed by atoms with Crippen molar-refractivity contribution in [1.29, 1.82) is 0 Å². The Morgan fingerprint density at radius 2 is 2.11 bits per heavy atom. The normalized spacial score (nSPS) is 9.68. The Hall–Kier alpha value is -1.76. The van der Waals surface area contributed by atoms with E-state index in [9.17, 15) is 9.59 Å². The van der Waals surface area contributed by atoms with E-state index in [1.54, 1.807) is 25.1 Å². The van der Waals surface area contributed by atoms with Gasteiger partial charge in [-0.2, -0.15) is 5.48 Å². The van der Waals surface area contributed by atoms with Crippen LogP contribution in [0.2, 0.25) is 0 Å². The highest BCUT2D eigenvalue weighted by Gasteiger charge is 2.20. The third-order valence-corrected chi connectivity index (χ3v) is 2.74. The van der Waals surface area contributed by atoms with Crippen LogP contribution in [-0.2, 0) is 9.63 Å². The van der Waals surface area contributed by atoms with Gasteiger partial charge in [0.1, 0.15) is 5.75 Å². The molecule has 0 aliphatic rings. The largest absolute Gasteiger partial charge is 0.495 e. The molecule has 0 aromatic heterocycles. The lowest BCUT2D eigenvalue weighted by Gasteiger charge is -2.22. The second kappa shape index (κ2) is 6.98. The zero-order valence-corrected chi connectivity index (χ0v) is 12.5. The van der Waals surface area contributed by atoms with E-state index in [-0.39, 0.29) is 0 Å². The van der Waals surface area contributed by atoms with Gasteiger partial charge in [0.15, 0.2) is 0 Å². The van der Waals surface area contributed by atoms with Crippen LogP contribution in [0.15, 0.2) is 22.7 Å². The van der Waals surface area contributed by atoms with E-state index in [0.717, 1.165) is 4.47 Å². The summed E-state index contributed by atoms with van der Waals surface area (Å²) < 4.78 is 6.05. The van der Waals surface area contributed by atoms with Crippen molar-refractivity contribution in [2.75, 3.05) is 18.6 Å². The van der Waals surface area contributed by atoms with E-state index in [1.807, 2.05) is 5.48 Å². The zero-order chi connectivity index (χ0) is 14.4. The maximum absolute atomic E-state index is 11.9. The van der Waals surface area contributed by atoms with Crippen LogP contribution in [0.25, 0.3) is 0 Å². The van der Waals surface area contributed by atoms with Crippen molar-refractivity contribution in [1.82, 2.24) is 5.48 Å². The lowest BCUT2D eigenvalue weighted by molar-refractivity contribution is -0.127. The number of hydrogen-bond acceptors (Lipinski definition) is 4. The van der Waals surface area contributed by atoms with Crippen LogP contribution in [0.1, 0.15) is 13.8 Å². The molecule has 6 nitrogen and oxygen atoms in total. The van der Waals surface area contributed by atoms with Crippen molar-refractivity contribution in [3.05, 3.63) is 22.7 Å². The second-order valence-electron chi connectivity index (χ2n) is 3.59. The van der Waals surface area contributed by atoms with E-state index in [0.29, 0.717) is 18.0 Å². The average molecular weight is 331 g/mol. The second-order valence-corrected chi connectivity index (χ2v) is 4.50. The van der Waals surface area contributed by atoms with E-state index in [2.05, 4.69) is 20.8 Å². The van der Waals surface area contributed by atoms with Gasteiger partial charge in [-0.3, -0.25) is 9.69 Å². The van der Waals surface area contributed by atoms with Crippen LogP contribution < -0.4 is 15.1 Å². The number of methoxy groups -OCH3 is 1. The van der Waals surface area contributed by atoms with Crippen LogP contribution in [0, 0.1) is 0 Å². The molecule has 0 aliphatic carbocycles. The quantitative estimate of drug-likeness (QED) is 0.864. The van der Waals surface area contributed by atoms with Gasteiger partial charge in [0.05, 0.1) is 12.8 Å². The summed E-state index contributed by atoms with van der Waals surface area (Å²) in [7, 11) is 1.51. The van der Waals surface area contributed by atoms with Gasteiger partial charge in [-0.15, -0.1) is 0 Å². The molecule has 1 aromatic carbocycles. The van der Waals surface area contributed by atoms with Gasteiger partial charge in [0.2, 0.25) is 5.91 Å². The van der Waals surface area contributed by atoms with E-state index in [4.69, 9.17) is 4.74 Å². The number of rotatable bonds is 3. The van der Waals surface area contributed by atoms with Crippen molar-refractivity contribution >= 4 is 33.6 Å². The summed E-state index contributed by atoms with van der Waals surface area (Å²) in [6.45, 7) is 3.41. The number of hydrogen-bond donors (Lipinski definition) is 1. The highest BCUT2D eigenvalue weighted by atomic mass is 79.9. The summed E-state index contributed by atoms with van der Waals surface area (Å²) in [5.74, 6) is 0.0724. The number of carbonyl (C=O) groups is 2. The summed E-state index contributed by atoms with van der Waals surface area (Å²) in [5.41, 5.74) is 2.56. The molecule has 0 bridgehead atoms. The molecule has 0 atom stereocenters. The van der Waals surface area contributed by atoms with E-state index in [1.165, 1.54) is 18.9 Å². The van der Waals surface area contributed by atoms with Crippen LogP contribution in [0.3, 0.4) is 0 Å². The number of halogens is 1. The minimum atomic E-state index is -0.682. The number of ether oxygens (including phenoxy) is 1. The number of amides is 2. The molecule has 0 fully saturated rings. The number of anilines is 1. The van der Waals surface area contributed by atoms with Crippen molar-refractivity contribution in [3.8, 4) is 5.75 Å². The first-order valence-corrected chi connectivity index (χ1v) is 6.37. The van der Waals surface area contributed by atoms with Gasteiger partial charge in [-0.1, -0.05) is 15.9 Å². The van der Waals surface area contributed by atoms with Gasteiger partial charge < -0.3 is 9.57 Å². The Kier molecular flexibility index (Phi) is 5.62. The standard InChI is InChI=1S/C12H15BrN2O4/c1-4-15(12(17)19-14-8(2)16)10-6-5-9(13)7-11(10)18-3/h5-7H,4H2,1-3H3,(H,14,16). The summed E-state index contributed by atoms with van der Waals surface area (Å²) in [6, 6.07) is 5.25. The summed E-state index contributed by atoms with van der Waals surface area (Å²) in [5, 5.41) is 0. The number of carbonyl (C=O) groups excluding carboxylic acids is 2. The molecule has 0 saturated heterocycles. The molecule has 0 heterocycles. The number of nitrogens with zero attached hydrogens (tertiary/aromatic N) is 1. The third-order valence-electron chi connectivity index (χ3n) is 2.25. The fourth-order valence-electron chi connectivity index (χ4n) is 1.44. The van der Waals surface area contributed by atoms with Crippen LogP contribution >= 0.6 is 15.9 Å². The molecule has 0 saturated carbocycles. The molecular weight excluding hydrogens is 316 g/mol. The molecule has 19 heavy (non-hydrogen) atoms. The third kappa shape index (κ3) is 4.13. The monoisotopic (exact) mass is 330 g/mol. The molecule has 104 valence electrons. The first-order chi connectivity index (χ1) is 8.99. The van der Waals surface area contributed by atoms with Gasteiger partial charge in [0, 0.05) is 17.9 Å². The first-order valence-electron chi connectivity index (χ1n) is 5.58. The minimum Gasteiger partial charge on any atom is -0.495 e. The highest BCUT2D eigenvalue weighted by Crippen LogP contribution is 2.31. The number of hydroxylamine groups is 1. The van der Waals surface area contributed by atoms with E-state index >= 15 is 0 Å². The summed E-state index contributed by atoms with van der Waals surface area (Å²) in [4.78, 5) is 28.6. The SMILES string of the molecule is CCN(C(=O)ONC(C)=O)c1ccc(Br)cc1OC. The molecule has 0 aliphatic heterocycles. The fraction of sp³-hybridized carbons (Fsp3) is 0.333. The van der Waals surface area contributed by atoms with Crippen LogP contribution in [0.4, 0.5) is 10.5 Å². The number of benzene rings is 1. The predicted octanol–water partition coefficient (Wildman–Crippen LogP) is 2.47. The zero-order valence-electron chi connectivity index (χ0n) is 10.9. The molecule has 1 rings (SSSR count). The van der Waals surface area contributed by atoms with Gasteiger partial charge in [-0.05, 0) is 25.1 Å². The van der Waals surface area contributed by atoms with Crippen molar-refractivity contribution in [2.24, 2.45) is 0 Å². The highest BCUT2D eigenvalue weighted by molar-refractivity contribution is 9.10. The smallest absolute Gasteiger partial charge is 0.438 e. The van der Waals surface area contributed by atoms with Crippen LogP contribution in [-0.4, -0.2) is 25.7 Å². The Bertz CT molecular complexity index is 479. The molecule has 0 radical (unpaired) electrons. The molecule has 1 N–H and O–H groups in total. The molecule has 0 spiro atoms. The lowest BCUT2D eigenvalue weighted by Crippen LogP contribution is -2.36. The van der Waals surface area contributed by atoms with Crippen molar-refractivity contribution < 1.29 is 19.2 Å². The summed E-state index contributed by atoms with van der Waals surface area (Å²) in [6.07, 6.45) is -0.682. The summed E-state index contributed by atoms with van der Waals surface area (Å²) >= 11 is 3.32. The van der Waals surface area contributed by atoms with Gasteiger partial charge in [0.25, 0.3) is 0 Å². The lowest BCUT2D eigenvalue weighted by atomic mass is 10.2. The molecule has 0 unspecified atom stereocenters. The molecule has 7 heteroatoms. The molecule has 2 amide bonds. The average Bonchev–Trinajstić information content (AvgIpc) is 2.38. The van der Waals surface area contributed by atoms with Crippen molar-refractivity contribution in [3.63, 3.8) is 0 Å². The van der Waals surface area contributed by atoms with Crippen LogP contribution in [0.5, 0.6) is 5.75 Å². The molecular formula is C12H15BrN2O4. The van der Waals surface area contributed by atoms with Gasteiger partial charge >= 0.3 is 6.09 Å². The molecule has 1 aromatic rings. The Balaban J connectivity index is 2.96. The van der Waals surface area contributed by atoms with E-state index < -0.39 is 12.0 Å². The fourth-order valence-corrected chi connectivity index (χ4v) is 1.78. The minimum absolute atomic E-state index is 0.371. The van der Waals surface area contributed by atoms with Gasteiger partial charge in [-0.25, -0.2) is 4.79 Å². The van der Waals surface area contributed by atoms with Crippen molar-refractivity contribution in [2.45, 2.75) is 13.8 Å². The first kappa shape index (κ1) is 15.3. The topological polar surface area (TPSA) is 67.9 Å². The predicted molar refractivity (Wildman–Crippen MR) is 74.0 cm³/mol. The Morgan fingerprint density at radius 1 is 1.42 bits per heavy atom. The maximum Gasteiger partial charge on any atom is 0.438 e. The maximum atomic E-state index is 11.9. The Labute approximate surface area is 119 Å². The Morgan fingerprint density at radius 3 is 2.63 bits per heavy atom. The number of nitrogens with one attached hydrogen (secondary N) is 1.